The predicted molar refractivity (Wildman–Crippen MR) is 107 cm³/mol. The Kier molecular flexibility index (Phi) is 7.82. The summed E-state index contributed by atoms with van der Waals surface area (Å²) in [6.45, 7) is 8.07. The number of aryl methyl sites for hydroxylation is 1. The zero-order valence-electron chi connectivity index (χ0n) is 16.2. The SMILES string of the molecule is CC[NH+](CCOc1cccc(C)c1)CC(=O)Nc1ccc(NC(C)=O)cc1. The van der Waals surface area contributed by atoms with Gasteiger partial charge in [-0.2, -0.15) is 0 Å². The topological polar surface area (TPSA) is 71.9 Å². The maximum absolute atomic E-state index is 12.3. The van der Waals surface area contributed by atoms with E-state index >= 15 is 0 Å². The van der Waals surface area contributed by atoms with Gasteiger partial charge < -0.3 is 20.3 Å². The second kappa shape index (κ2) is 10.3. The molecule has 0 aliphatic carbocycles. The number of hydrogen-bond acceptors (Lipinski definition) is 3. The Bertz CT molecular complexity index is 760. The molecule has 0 radical (unpaired) electrons. The number of likely N-dealkylation sites (N-methyl/N-ethyl adjacent to an activating group) is 1. The second-order valence-electron chi connectivity index (χ2n) is 6.50. The van der Waals surface area contributed by atoms with E-state index in [-0.39, 0.29) is 11.8 Å². The molecule has 0 saturated carbocycles. The van der Waals surface area contributed by atoms with Crippen molar-refractivity contribution >= 4 is 23.2 Å². The van der Waals surface area contributed by atoms with E-state index in [9.17, 15) is 9.59 Å². The Morgan fingerprint density at radius 3 is 2.30 bits per heavy atom. The van der Waals surface area contributed by atoms with Crippen LogP contribution in [0.3, 0.4) is 0 Å². The van der Waals surface area contributed by atoms with Gasteiger partial charge in [0.15, 0.2) is 6.54 Å². The van der Waals surface area contributed by atoms with Crippen LogP contribution in [0.2, 0.25) is 0 Å². The molecule has 3 N–H and O–H groups in total. The first-order valence-corrected chi connectivity index (χ1v) is 9.17. The molecular weight excluding hydrogens is 342 g/mol. The molecule has 2 rings (SSSR count). The number of amides is 2. The summed E-state index contributed by atoms with van der Waals surface area (Å²) in [7, 11) is 0. The van der Waals surface area contributed by atoms with Crippen molar-refractivity contribution < 1.29 is 19.2 Å². The van der Waals surface area contributed by atoms with E-state index in [1.54, 1.807) is 24.3 Å². The molecule has 6 nitrogen and oxygen atoms in total. The van der Waals surface area contributed by atoms with Crippen LogP contribution in [0.5, 0.6) is 5.75 Å². The van der Waals surface area contributed by atoms with E-state index in [4.69, 9.17) is 4.74 Å². The van der Waals surface area contributed by atoms with Crippen LogP contribution < -0.4 is 20.3 Å². The highest BCUT2D eigenvalue weighted by Gasteiger charge is 2.13. The van der Waals surface area contributed by atoms with Gasteiger partial charge in [-0.1, -0.05) is 12.1 Å². The summed E-state index contributed by atoms with van der Waals surface area (Å²) in [5.41, 5.74) is 2.58. The van der Waals surface area contributed by atoms with Crippen LogP contribution in [-0.2, 0) is 9.59 Å². The fraction of sp³-hybridized carbons (Fsp3) is 0.333. The van der Waals surface area contributed by atoms with Gasteiger partial charge in [-0.05, 0) is 55.8 Å². The van der Waals surface area contributed by atoms with E-state index in [1.807, 2.05) is 31.2 Å². The van der Waals surface area contributed by atoms with E-state index in [1.165, 1.54) is 6.92 Å². The minimum absolute atomic E-state index is 0.0466. The van der Waals surface area contributed by atoms with Crippen LogP contribution in [0.15, 0.2) is 48.5 Å². The normalized spacial score (nSPS) is 11.5. The zero-order valence-corrected chi connectivity index (χ0v) is 16.2. The van der Waals surface area contributed by atoms with E-state index in [2.05, 4.69) is 17.6 Å². The number of benzene rings is 2. The summed E-state index contributed by atoms with van der Waals surface area (Å²) in [5, 5.41) is 5.59. The molecule has 0 spiro atoms. The summed E-state index contributed by atoms with van der Waals surface area (Å²) in [6, 6.07) is 15.0. The fourth-order valence-electron chi connectivity index (χ4n) is 2.68. The molecule has 144 valence electrons. The Hall–Kier alpha value is -2.86. The largest absolute Gasteiger partial charge is 0.488 e. The number of carbonyl (C=O) groups is 2. The first-order chi connectivity index (χ1) is 13.0. The molecule has 2 aromatic carbocycles. The Balaban J connectivity index is 1.77. The highest BCUT2D eigenvalue weighted by atomic mass is 16.5. The van der Waals surface area contributed by atoms with Gasteiger partial charge in [0.1, 0.15) is 18.9 Å². The molecular formula is C21H28N3O3+. The predicted octanol–water partition coefficient (Wildman–Crippen LogP) is 1.88. The molecule has 27 heavy (non-hydrogen) atoms. The highest BCUT2D eigenvalue weighted by molar-refractivity contribution is 5.92. The van der Waals surface area contributed by atoms with Crippen molar-refractivity contribution in [2.24, 2.45) is 0 Å². The lowest BCUT2D eigenvalue weighted by Crippen LogP contribution is -3.13. The summed E-state index contributed by atoms with van der Waals surface area (Å²) >= 11 is 0. The van der Waals surface area contributed by atoms with Gasteiger partial charge in [-0.25, -0.2) is 0 Å². The maximum atomic E-state index is 12.3. The van der Waals surface area contributed by atoms with Gasteiger partial charge in [0.05, 0.1) is 6.54 Å². The molecule has 0 heterocycles. The van der Waals surface area contributed by atoms with E-state index in [0.717, 1.165) is 29.3 Å². The average Bonchev–Trinajstić information content (AvgIpc) is 2.62. The van der Waals surface area contributed by atoms with Crippen molar-refractivity contribution in [1.29, 1.82) is 0 Å². The van der Waals surface area contributed by atoms with Gasteiger partial charge >= 0.3 is 0 Å². The zero-order chi connectivity index (χ0) is 19.6. The maximum Gasteiger partial charge on any atom is 0.279 e. The van der Waals surface area contributed by atoms with Gasteiger partial charge in [-0.3, -0.25) is 9.59 Å². The van der Waals surface area contributed by atoms with Gasteiger partial charge in [-0.15, -0.1) is 0 Å². The minimum atomic E-state index is -0.123. The Morgan fingerprint density at radius 1 is 1.04 bits per heavy atom. The van der Waals surface area contributed by atoms with Gasteiger partial charge in [0.2, 0.25) is 5.91 Å². The van der Waals surface area contributed by atoms with Crippen LogP contribution in [-0.4, -0.2) is 38.1 Å². The van der Waals surface area contributed by atoms with E-state index in [0.29, 0.717) is 24.5 Å². The first kappa shape index (κ1) is 20.5. The third-order valence-corrected chi connectivity index (χ3v) is 4.11. The third-order valence-electron chi connectivity index (χ3n) is 4.11. The Morgan fingerprint density at radius 2 is 1.70 bits per heavy atom. The molecule has 1 unspecified atom stereocenters. The van der Waals surface area contributed by atoms with Crippen molar-refractivity contribution in [2.45, 2.75) is 20.8 Å². The summed E-state index contributed by atoms with van der Waals surface area (Å²) in [5.74, 6) is 0.686. The van der Waals surface area contributed by atoms with Crippen LogP contribution >= 0.6 is 0 Å². The second-order valence-corrected chi connectivity index (χ2v) is 6.50. The molecule has 0 fully saturated rings. The van der Waals surface area contributed by atoms with Crippen LogP contribution in [0.25, 0.3) is 0 Å². The smallest absolute Gasteiger partial charge is 0.279 e. The van der Waals surface area contributed by atoms with Crippen molar-refractivity contribution in [2.75, 3.05) is 36.9 Å². The molecule has 0 bridgehead atoms. The van der Waals surface area contributed by atoms with Crippen LogP contribution in [0.1, 0.15) is 19.4 Å². The third kappa shape index (κ3) is 7.50. The number of anilines is 2. The average molecular weight is 370 g/mol. The molecule has 2 aromatic rings. The highest BCUT2D eigenvalue weighted by Crippen LogP contribution is 2.13. The summed E-state index contributed by atoms with van der Waals surface area (Å²) < 4.78 is 5.78. The Labute approximate surface area is 160 Å². The lowest BCUT2D eigenvalue weighted by molar-refractivity contribution is -0.889. The van der Waals surface area contributed by atoms with Crippen molar-refractivity contribution in [3.63, 3.8) is 0 Å². The van der Waals surface area contributed by atoms with Crippen LogP contribution in [0.4, 0.5) is 11.4 Å². The molecule has 1 atom stereocenters. The first-order valence-electron chi connectivity index (χ1n) is 9.17. The number of ether oxygens (including phenoxy) is 1. The molecule has 0 aliphatic heterocycles. The number of rotatable bonds is 9. The minimum Gasteiger partial charge on any atom is -0.488 e. The van der Waals surface area contributed by atoms with Gasteiger partial charge in [0, 0.05) is 18.3 Å². The van der Waals surface area contributed by atoms with Crippen LogP contribution in [0, 0.1) is 6.92 Å². The quantitative estimate of drug-likeness (QED) is 0.631. The molecule has 0 saturated heterocycles. The monoisotopic (exact) mass is 370 g/mol. The lowest BCUT2D eigenvalue weighted by Gasteiger charge is -2.17. The van der Waals surface area contributed by atoms with Gasteiger partial charge in [0.25, 0.3) is 5.91 Å². The van der Waals surface area contributed by atoms with Crippen molar-refractivity contribution in [1.82, 2.24) is 0 Å². The fourth-order valence-corrected chi connectivity index (χ4v) is 2.68. The molecule has 0 aliphatic rings. The number of nitrogens with one attached hydrogen (secondary N) is 3. The number of quaternary nitrogens is 1. The van der Waals surface area contributed by atoms with Crippen molar-refractivity contribution in [3.8, 4) is 5.75 Å². The standard InChI is InChI=1S/C21H27N3O3/c1-4-24(12-13-27-20-7-5-6-16(2)14-20)15-21(26)23-19-10-8-18(9-11-19)22-17(3)25/h5-11,14H,4,12-13,15H2,1-3H3,(H,22,25)(H,23,26)/p+1. The molecule has 2 amide bonds. The molecule has 0 aromatic heterocycles. The van der Waals surface area contributed by atoms with E-state index < -0.39 is 0 Å². The summed E-state index contributed by atoms with van der Waals surface area (Å²) in [6.07, 6.45) is 0. The van der Waals surface area contributed by atoms with Crippen molar-refractivity contribution in [3.05, 3.63) is 54.1 Å². The number of hydrogen-bond donors (Lipinski definition) is 3. The number of carbonyl (C=O) groups excluding carboxylic acids is 2. The summed E-state index contributed by atoms with van der Waals surface area (Å²) in [4.78, 5) is 24.5. The lowest BCUT2D eigenvalue weighted by atomic mass is 10.2. The molecule has 6 heteroatoms.